The van der Waals surface area contributed by atoms with Crippen LogP contribution in [0.25, 0.3) is 5.52 Å². The molecule has 1 saturated carbocycles. The van der Waals surface area contributed by atoms with Crippen LogP contribution in [-0.2, 0) is 14.3 Å². The van der Waals surface area contributed by atoms with Gasteiger partial charge in [0.05, 0.1) is 5.56 Å². The summed E-state index contributed by atoms with van der Waals surface area (Å²) < 4.78 is 16.2. The fraction of sp³-hybridized carbons (Fsp3) is 0.250. The predicted octanol–water partition coefficient (Wildman–Crippen LogP) is 3.83. The number of rotatable bonds is 9. The second-order valence-electron chi connectivity index (χ2n) is 9.46. The minimum atomic E-state index is -1.13. The van der Waals surface area contributed by atoms with Crippen LogP contribution >= 0.6 is 0 Å². The molecular formula is C28H27N7O7. The van der Waals surface area contributed by atoms with E-state index in [1.807, 2.05) is 13.8 Å². The van der Waals surface area contributed by atoms with Gasteiger partial charge in [0.1, 0.15) is 18.1 Å². The van der Waals surface area contributed by atoms with Crippen LogP contribution in [-0.4, -0.2) is 56.5 Å². The summed E-state index contributed by atoms with van der Waals surface area (Å²) in [7, 11) is 0. The lowest BCUT2D eigenvalue weighted by Gasteiger charge is -2.18. The number of esters is 1. The van der Waals surface area contributed by atoms with Crippen LogP contribution < -0.4 is 15.5 Å². The molecule has 1 aromatic carbocycles. The van der Waals surface area contributed by atoms with Crippen LogP contribution in [0.3, 0.4) is 0 Å². The Bertz CT molecular complexity index is 1690. The number of nitrogens with one attached hydrogen (secondary N) is 2. The first-order chi connectivity index (χ1) is 20.3. The molecule has 0 aliphatic heterocycles. The molecule has 1 aliphatic rings. The highest BCUT2D eigenvalue weighted by Crippen LogP contribution is 2.29. The van der Waals surface area contributed by atoms with Gasteiger partial charge in [-0.25, -0.2) is 19.1 Å². The zero-order valence-corrected chi connectivity index (χ0v) is 23.0. The molecule has 3 heterocycles. The van der Waals surface area contributed by atoms with Gasteiger partial charge in [0.2, 0.25) is 6.79 Å². The molecule has 42 heavy (non-hydrogen) atoms. The molecule has 4 aromatic rings. The van der Waals surface area contributed by atoms with E-state index in [-0.39, 0.29) is 23.3 Å². The average Bonchev–Trinajstić information content (AvgIpc) is 3.48. The number of ether oxygens (including phenoxy) is 2. The third-order valence-electron chi connectivity index (χ3n) is 6.45. The van der Waals surface area contributed by atoms with Gasteiger partial charge < -0.3 is 24.6 Å². The minimum absolute atomic E-state index is 0.107. The molecule has 2 N–H and O–H groups in total. The number of aryl methyl sites for hydroxylation is 2. The summed E-state index contributed by atoms with van der Waals surface area (Å²) in [6, 6.07) is 6.28. The summed E-state index contributed by atoms with van der Waals surface area (Å²) in [5.41, 5.74) is 3.16. The topological polar surface area (TPSA) is 170 Å². The van der Waals surface area contributed by atoms with Crippen molar-refractivity contribution in [3.63, 3.8) is 0 Å². The lowest BCUT2D eigenvalue weighted by atomic mass is 10.1. The van der Waals surface area contributed by atoms with E-state index >= 15 is 0 Å². The van der Waals surface area contributed by atoms with Gasteiger partial charge in [-0.2, -0.15) is 10.00 Å². The van der Waals surface area contributed by atoms with Gasteiger partial charge in [-0.3, -0.25) is 9.59 Å². The molecule has 3 aromatic heterocycles. The van der Waals surface area contributed by atoms with E-state index in [1.165, 1.54) is 30.8 Å². The number of imide groups is 1. The maximum atomic E-state index is 13.6. The number of hydrogen-bond donors (Lipinski definition) is 2. The Hall–Kier alpha value is -5.53. The van der Waals surface area contributed by atoms with E-state index in [4.69, 9.17) is 14.0 Å². The van der Waals surface area contributed by atoms with Gasteiger partial charge in [-0.15, -0.1) is 0 Å². The van der Waals surface area contributed by atoms with E-state index in [2.05, 4.69) is 25.9 Å². The first-order valence-electron chi connectivity index (χ1n) is 13.0. The smallest absolute Gasteiger partial charge is 0.425 e. The maximum Gasteiger partial charge on any atom is 0.425 e. The lowest BCUT2D eigenvalue weighted by Crippen LogP contribution is -2.38. The van der Waals surface area contributed by atoms with Crippen LogP contribution in [0.4, 0.5) is 22.1 Å². The molecule has 3 amide bonds. The van der Waals surface area contributed by atoms with Gasteiger partial charge >= 0.3 is 12.1 Å². The van der Waals surface area contributed by atoms with Crippen molar-refractivity contribution in [3.8, 4) is 0 Å². The molecule has 0 radical (unpaired) electrons. The van der Waals surface area contributed by atoms with E-state index < -0.39 is 24.8 Å². The molecule has 1 aliphatic carbocycles. The van der Waals surface area contributed by atoms with Gasteiger partial charge in [-0.05, 0) is 56.9 Å². The van der Waals surface area contributed by atoms with Crippen LogP contribution in [0.1, 0.15) is 51.6 Å². The molecule has 5 rings (SSSR count). The molecule has 0 unspecified atom stereocenters. The quantitative estimate of drug-likeness (QED) is 0.169. The first-order valence-corrected chi connectivity index (χ1v) is 13.0. The number of carbonyl (C=O) groups excluding carboxylic acids is 4. The predicted molar refractivity (Wildman–Crippen MR) is 148 cm³/mol. The third-order valence-corrected chi connectivity index (χ3v) is 6.45. The van der Waals surface area contributed by atoms with Gasteiger partial charge in [0.25, 0.3) is 11.8 Å². The zero-order valence-electron chi connectivity index (χ0n) is 23.0. The third kappa shape index (κ3) is 5.96. The molecule has 0 saturated heterocycles. The summed E-state index contributed by atoms with van der Waals surface area (Å²) in [6.45, 7) is 4.56. The van der Waals surface area contributed by atoms with Crippen molar-refractivity contribution in [2.45, 2.75) is 39.7 Å². The van der Waals surface area contributed by atoms with Gasteiger partial charge in [-0.1, -0.05) is 17.3 Å². The van der Waals surface area contributed by atoms with Crippen molar-refractivity contribution in [3.05, 3.63) is 77.5 Å². The molecular weight excluding hydrogens is 546 g/mol. The van der Waals surface area contributed by atoms with E-state index in [0.29, 0.717) is 33.0 Å². The summed E-state index contributed by atoms with van der Waals surface area (Å²) in [5.74, 6) is -1.38. The Labute approximate surface area is 239 Å². The number of nitrogens with zero attached hydrogens (tertiary/aromatic N) is 5. The molecule has 14 heteroatoms. The highest BCUT2D eigenvalue weighted by Gasteiger charge is 2.30. The number of anilines is 3. The minimum Gasteiger partial charge on any atom is -0.425 e. The molecule has 0 spiro atoms. The zero-order chi connectivity index (χ0) is 29.8. The average molecular weight is 574 g/mol. The van der Waals surface area contributed by atoms with Crippen molar-refractivity contribution in [1.29, 1.82) is 0 Å². The van der Waals surface area contributed by atoms with Crippen LogP contribution in [0.15, 0.2) is 59.7 Å². The van der Waals surface area contributed by atoms with E-state index in [0.717, 1.165) is 24.5 Å². The van der Waals surface area contributed by atoms with Crippen molar-refractivity contribution >= 4 is 46.7 Å². The van der Waals surface area contributed by atoms with Crippen LogP contribution in [0, 0.1) is 13.8 Å². The second-order valence-corrected chi connectivity index (χ2v) is 9.46. The number of allylic oxidation sites excluding steroid dienone is 1. The maximum absolute atomic E-state index is 13.6. The number of fused-ring (bicyclic) bond motifs is 1. The monoisotopic (exact) mass is 573 g/mol. The number of amides is 3. The fourth-order valence-corrected chi connectivity index (χ4v) is 4.11. The highest BCUT2D eigenvalue weighted by molar-refractivity contribution is 6.19. The Morgan fingerprint density at radius 3 is 2.69 bits per heavy atom. The molecule has 0 atom stereocenters. The second kappa shape index (κ2) is 11.9. The van der Waals surface area contributed by atoms with Crippen LogP contribution in [0.2, 0.25) is 0 Å². The summed E-state index contributed by atoms with van der Waals surface area (Å²) in [6.07, 6.45) is 7.62. The van der Waals surface area contributed by atoms with E-state index in [1.54, 1.807) is 29.8 Å². The van der Waals surface area contributed by atoms with Crippen molar-refractivity contribution in [2.75, 3.05) is 17.0 Å². The van der Waals surface area contributed by atoms with E-state index in [9.17, 15) is 19.2 Å². The number of benzene rings is 1. The largest absolute Gasteiger partial charge is 0.425 e. The normalized spacial score (nSPS) is 12.7. The fourth-order valence-electron chi connectivity index (χ4n) is 4.11. The Morgan fingerprint density at radius 2 is 1.98 bits per heavy atom. The van der Waals surface area contributed by atoms with Crippen molar-refractivity contribution < 1.29 is 33.2 Å². The highest BCUT2D eigenvalue weighted by atomic mass is 16.7. The van der Waals surface area contributed by atoms with Gasteiger partial charge in [0, 0.05) is 35.6 Å². The Morgan fingerprint density at radius 1 is 1.17 bits per heavy atom. The summed E-state index contributed by atoms with van der Waals surface area (Å²) >= 11 is 0. The van der Waals surface area contributed by atoms with Crippen molar-refractivity contribution in [2.24, 2.45) is 0 Å². The Kier molecular flexibility index (Phi) is 7.95. The number of aromatic nitrogens is 4. The summed E-state index contributed by atoms with van der Waals surface area (Å²) in [4.78, 5) is 55.8. The van der Waals surface area contributed by atoms with Crippen LogP contribution in [0.5, 0.6) is 0 Å². The van der Waals surface area contributed by atoms with Gasteiger partial charge in [0.15, 0.2) is 11.6 Å². The lowest BCUT2D eigenvalue weighted by molar-refractivity contribution is -0.145. The summed E-state index contributed by atoms with van der Waals surface area (Å²) in [5, 5.41) is 14.2. The number of hydrogen-bond acceptors (Lipinski definition) is 11. The molecule has 1 fully saturated rings. The molecule has 0 bridgehead atoms. The Balaban J connectivity index is 1.40. The SMILES string of the molecule is C/C=C/C(=O)OCOC(=O)N(C(=O)c1ccc(C)c(Nc2ncnn3cc(C(=O)NC4CC4)c(C)c23)c1)c1ccon1. The molecule has 14 nitrogen and oxygen atoms in total. The molecule has 216 valence electrons. The van der Waals surface area contributed by atoms with Crippen molar-refractivity contribution in [1.82, 2.24) is 25.1 Å². The number of carbonyl (C=O) groups is 4. The standard InChI is InChI=1S/C28H27N7O7/c1-4-5-23(36)40-15-41-28(39)35(22-10-11-42-33-22)27(38)18-7-6-16(2)21(12-18)32-25-24-17(3)20(13-34(24)30-14-29-25)26(37)31-19-8-9-19/h4-7,10-14,19H,8-9,15H2,1-3H3,(H,31,37)(H,29,30,32)/b5-4+. The first kappa shape index (κ1) is 28.0.